The van der Waals surface area contributed by atoms with Gasteiger partial charge in [-0.15, -0.1) is 0 Å². The Bertz CT molecular complexity index is 442. The molecule has 0 aromatic carbocycles. The molecule has 1 aromatic rings. The number of aryl methyl sites for hydroxylation is 1. The Morgan fingerprint density at radius 3 is 2.72 bits per heavy atom. The second kappa shape index (κ2) is 5.63. The monoisotopic (exact) mass is 256 g/mol. The van der Waals surface area contributed by atoms with E-state index in [4.69, 9.17) is 14.4 Å². The number of methoxy groups -OCH3 is 1. The predicted molar refractivity (Wildman–Crippen MR) is 61.0 cm³/mol. The van der Waals surface area contributed by atoms with Crippen LogP contribution >= 0.6 is 0 Å². The van der Waals surface area contributed by atoms with Gasteiger partial charge in [0.25, 0.3) is 0 Å². The maximum Gasteiger partial charge on any atom is 0.331 e. The molecule has 0 bridgehead atoms. The van der Waals surface area contributed by atoms with Gasteiger partial charge in [-0.25, -0.2) is 4.79 Å². The molecule has 7 heteroatoms. The Balaban J connectivity index is 2.65. The minimum Gasteiger partial charge on any atom is -0.479 e. The molecule has 0 aliphatic carbocycles. The van der Waals surface area contributed by atoms with Crippen LogP contribution in [0.4, 0.5) is 0 Å². The minimum absolute atomic E-state index is 0.0378. The second-order valence-corrected chi connectivity index (χ2v) is 4.22. The molecule has 0 aliphatic heterocycles. The molecule has 0 spiro atoms. The lowest BCUT2D eigenvalue weighted by atomic mass is 10.0. The van der Waals surface area contributed by atoms with Crippen molar-refractivity contribution in [3.63, 3.8) is 0 Å². The lowest BCUT2D eigenvalue weighted by Gasteiger charge is -2.25. The third kappa shape index (κ3) is 3.56. The lowest BCUT2D eigenvalue weighted by Crippen LogP contribution is -2.55. The molecule has 1 rings (SSSR count). The van der Waals surface area contributed by atoms with E-state index in [9.17, 15) is 9.59 Å². The van der Waals surface area contributed by atoms with Crippen molar-refractivity contribution in [1.82, 2.24) is 10.5 Å². The number of carboxylic acids is 1. The van der Waals surface area contributed by atoms with Gasteiger partial charge >= 0.3 is 5.97 Å². The van der Waals surface area contributed by atoms with Crippen LogP contribution in [0.3, 0.4) is 0 Å². The zero-order valence-electron chi connectivity index (χ0n) is 10.5. The van der Waals surface area contributed by atoms with Crippen molar-refractivity contribution < 1.29 is 24.0 Å². The number of amides is 1. The highest BCUT2D eigenvalue weighted by molar-refractivity contribution is 5.87. The van der Waals surface area contributed by atoms with Crippen molar-refractivity contribution in [3.8, 4) is 0 Å². The van der Waals surface area contributed by atoms with Crippen LogP contribution in [-0.4, -0.2) is 41.4 Å². The molecule has 0 radical (unpaired) electrons. The number of carbonyl (C=O) groups is 2. The van der Waals surface area contributed by atoms with Crippen LogP contribution in [0.1, 0.15) is 18.4 Å². The van der Waals surface area contributed by atoms with Crippen molar-refractivity contribution in [2.24, 2.45) is 0 Å². The molecular weight excluding hydrogens is 240 g/mol. The molecule has 7 nitrogen and oxygen atoms in total. The van der Waals surface area contributed by atoms with Gasteiger partial charge in [-0.3, -0.25) is 4.79 Å². The van der Waals surface area contributed by atoms with E-state index >= 15 is 0 Å². The van der Waals surface area contributed by atoms with Crippen molar-refractivity contribution in [2.45, 2.75) is 25.8 Å². The molecule has 1 amide bonds. The predicted octanol–water partition coefficient (Wildman–Crippen LogP) is 0.131. The van der Waals surface area contributed by atoms with Gasteiger partial charge in [-0.1, -0.05) is 5.16 Å². The first-order valence-corrected chi connectivity index (χ1v) is 5.33. The zero-order valence-corrected chi connectivity index (χ0v) is 10.5. The number of nitrogens with zero attached hydrogens (tertiary/aromatic N) is 1. The van der Waals surface area contributed by atoms with E-state index < -0.39 is 17.4 Å². The summed E-state index contributed by atoms with van der Waals surface area (Å²) in [5.41, 5.74) is -1.000. The molecule has 2 N–H and O–H groups in total. The van der Waals surface area contributed by atoms with Gasteiger partial charge in [0.1, 0.15) is 5.76 Å². The molecule has 1 unspecified atom stereocenters. The van der Waals surface area contributed by atoms with Crippen LogP contribution in [0.25, 0.3) is 0 Å². The SMILES string of the molecule is COCC(C)(NC(=O)Cc1cc(C)on1)C(=O)O. The summed E-state index contributed by atoms with van der Waals surface area (Å²) in [4.78, 5) is 22.8. The summed E-state index contributed by atoms with van der Waals surface area (Å²) in [5.74, 6) is -1.02. The highest BCUT2D eigenvalue weighted by atomic mass is 16.5. The van der Waals surface area contributed by atoms with Crippen molar-refractivity contribution >= 4 is 11.9 Å². The number of ether oxygens (including phenoxy) is 1. The molecule has 1 aromatic heterocycles. The molecule has 1 heterocycles. The summed E-state index contributed by atoms with van der Waals surface area (Å²) in [7, 11) is 1.37. The first kappa shape index (κ1) is 14.2. The number of nitrogens with one attached hydrogen (secondary N) is 1. The summed E-state index contributed by atoms with van der Waals surface area (Å²) >= 11 is 0. The van der Waals surface area contributed by atoms with Gasteiger partial charge in [0.15, 0.2) is 5.54 Å². The molecule has 0 saturated heterocycles. The van der Waals surface area contributed by atoms with E-state index in [1.54, 1.807) is 13.0 Å². The number of hydrogen-bond acceptors (Lipinski definition) is 5. The van der Waals surface area contributed by atoms with E-state index in [0.717, 1.165) is 0 Å². The molecular formula is C11H16N2O5. The molecule has 100 valence electrons. The smallest absolute Gasteiger partial charge is 0.331 e. The van der Waals surface area contributed by atoms with Crippen LogP contribution in [0.5, 0.6) is 0 Å². The number of carbonyl (C=O) groups excluding carboxylic acids is 1. The topological polar surface area (TPSA) is 102 Å². The highest BCUT2D eigenvalue weighted by Gasteiger charge is 2.35. The van der Waals surface area contributed by atoms with E-state index in [1.165, 1.54) is 14.0 Å². The van der Waals surface area contributed by atoms with Gasteiger partial charge in [-0.05, 0) is 13.8 Å². The number of rotatable bonds is 6. The van der Waals surface area contributed by atoms with Gasteiger partial charge in [0.2, 0.25) is 5.91 Å². The average molecular weight is 256 g/mol. The summed E-state index contributed by atoms with van der Waals surface area (Å²) in [5, 5.41) is 15.1. The third-order valence-corrected chi connectivity index (χ3v) is 2.34. The summed E-state index contributed by atoms with van der Waals surface area (Å²) in [6, 6.07) is 1.62. The van der Waals surface area contributed by atoms with Crippen molar-refractivity contribution in [3.05, 3.63) is 17.5 Å². The fourth-order valence-electron chi connectivity index (χ4n) is 1.46. The number of hydrogen-bond donors (Lipinski definition) is 2. The maximum atomic E-state index is 11.7. The van der Waals surface area contributed by atoms with Crippen LogP contribution in [0.15, 0.2) is 10.6 Å². The number of carboxylic acid groups (broad SMARTS) is 1. The van der Waals surface area contributed by atoms with Crippen LogP contribution < -0.4 is 5.32 Å². The van der Waals surface area contributed by atoms with E-state index in [0.29, 0.717) is 11.5 Å². The van der Waals surface area contributed by atoms with Crippen molar-refractivity contribution in [2.75, 3.05) is 13.7 Å². The first-order valence-electron chi connectivity index (χ1n) is 5.33. The Kier molecular flexibility index (Phi) is 4.43. The maximum absolute atomic E-state index is 11.7. The van der Waals surface area contributed by atoms with Crippen LogP contribution in [0, 0.1) is 6.92 Å². The fraction of sp³-hybridized carbons (Fsp3) is 0.545. The molecule has 0 fully saturated rings. The second-order valence-electron chi connectivity index (χ2n) is 4.22. The number of aromatic nitrogens is 1. The Labute approximate surface area is 104 Å². The van der Waals surface area contributed by atoms with E-state index in [-0.39, 0.29) is 13.0 Å². The Morgan fingerprint density at radius 1 is 1.61 bits per heavy atom. The quantitative estimate of drug-likeness (QED) is 0.750. The van der Waals surface area contributed by atoms with E-state index in [1.807, 2.05) is 0 Å². The van der Waals surface area contributed by atoms with Gasteiger partial charge in [0, 0.05) is 13.2 Å². The normalized spacial score (nSPS) is 13.9. The van der Waals surface area contributed by atoms with Gasteiger partial charge in [-0.2, -0.15) is 0 Å². The third-order valence-electron chi connectivity index (χ3n) is 2.34. The molecule has 0 saturated carbocycles. The van der Waals surface area contributed by atoms with Crippen molar-refractivity contribution in [1.29, 1.82) is 0 Å². The van der Waals surface area contributed by atoms with Gasteiger partial charge in [0.05, 0.1) is 18.7 Å². The highest BCUT2D eigenvalue weighted by Crippen LogP contribution is 2.07. The molecule has 0 aliphatic rings. The van der Waals surface area contributed by atoms with Crippen LogP contribution in [-0.2, 0) is 20.7 Å². The lowest BCUT2D eigenvalue weighted by molar-refractivity contribution is -0.149. The molecule has 1 atom stereocenters. The summed E-state index contributed by atoms with van der Waals surface area (Å²) < 4.78 is 9.61. The largest absolute Gasteiger partial charge is 0.479 e. The van der Waals surface area contributed by atoms with Gasteiger partial charge < -0.3 is 19.7 Å². The standard InChI is InChI=1S/C11H16N2O5/c1-7-4-8(13-18-7)5-9(14)12-11(2,6-17-3)10(15)16/h4H,5-6H2,1-3H3,(H,12,14)(H,15,16). The Hall–Kier alpha value is -1.89. The summed E-state index contributed by atoms with van der Waals surface area (Å²) in [6.07, 6.45) is -0.0378. The average Bonchev–Trinajstić information content (AvgIpc) is 2.63. The number of aliphatic carboxylic acids is 1. The van der Waals surface area contributed by atoms with E-state index in [2.05, 4.69) is 10.5 Å². The fourth-order valence-corrected chi connectivity index (χ4v) is 1.46. The zero-order chi connectivity index (χ0) is 13.8. The van der Waals surface area contributed by atoms with Crippen LogP contribution in [0.2, 0.25) is 0 Å². The summed E-state index contributed by atoms with van der Waals surface area (Å²) in [6.45, 7) is 2.97. The first-order chi connectivity index (χ1) is 8.37. The molecule has 18 heavy (non-hydrogen) atoms. The minimum atomic E-state index is -1.45. The Morgan fingerprint density at radius 2 is 2.28 bits per heavy atom.